The van der Waals surface area contributed by atoms with Gasteiger partial charge in [0.2, 0.25) is 6.29 Å². The van der Waals surface area contributed by atoms with Crippen LogP contribution in [0.1, 0.15) is 12.5 Å². The van der Waals surface area contributed by atoms with Gasteiger partial charge >= 0.3 is 0 Å². The molecule has 12 nitrogen and oxygen atoms in total. The minimum Gasteiger partial charge on any atom is -0.508 e. The molecule has 0 amide bonds. The number of aromatic hydroxyl groups is 1. The number of benzene rings is 1. The topological polar surface area (TPSA) is 199 Å². The highest BCUT2D eigenvalue weighted by Gasteiger charge is 2.51. The fourth-order valence-corrected chi connectivity index (χ4v) is 3.75. The Bertz CT molecular complexity index is 799. The summed E-state index contributed by atoms with van der Waals surface area (Å²) in [6.07, 6.45) is -12.0. The first-order valence-corrected chi connectivity index (χ1v) is 10.4. The molecule has 2 aliphatic rings. The lowest BCUT2D eigenvalue weighted by atomic mass is 9.97. The van der Waals surface area contributed by atoms with Crippen molar-refractivity contribution in [1.29, 1.82) is 0 Å². The van der Waals surface area contributed by atoms with Crippen molar-refractivity contribution in [2.24, 2.45) is 0 Å². The van der Waals surface area contributed by atoms with Gasteiger partial charge in [0.25, 0.3) is 0 Å². The molecule has 2 fully saturated rings. The first kappa shape index (κ1) is 25.8. The van der Waals surface area contributed by atoms with Gasteiger partial charge in [-0.2, -0.15) is 0 Å². The maximum atomic E-state index is 10.6. The highest BCUT2D eigenvalue weighted by atomic mass is 16.7. The zero-order valence-corrected chi connectivity index (χ0v) is 17.8. The van der Waals surface area contributed by atoms with Gasteiger partial charge in [-0.3, -0.25) is 0 Å². The van der Waals surface area contributed by atoms with E-state index in [0.29, 0.717) is 5.56 Å². The SMILES string of the molecule is C/C=C/c1cc(O)cc(OC2OC(CO)C(OC3OC(CO)C(O)C(O)C3O)C(O)C2O)c1. The molecule has 10 atom stereocenters. The first-order chi connectivity index (χ1) is 15.7. The molecule has 2 saturated heterocycles. The third-order valence-electron chi connectivity index (χ3n) is 5.49. The summed E-state index contributed by atoms with van der Waals surface area (Å²) in [7, 11) is 0. The summed E-state index contributed by atoms with van der Waals surface area (Å²) in [6.45, 7) is 0.418. The molecule has 0 spiro atoms. The largest absolute Gasteiger partial charge is 0.508 e. The number of hydrogen-bond donors (Lipinski definition) is 8. The van der Waals surface area contributed by atoms with Gasteiger partial charge in [0.05, 0.1) is 13.2 Å². The van der Waals surface area contributed by atoms with Gasteiger partial charge in [0, 0.05) is 6.07 Å². The Kier molecular flexibility index (Phi) is 8.64. The Hall–Kier alpha value is -1.84. The lowest BCUT2D eigenvalue weighted by Crippen LogP contribution is -2.65. The fraction of sp³-hybridized carbons (Fsp3) is 0.619. The summed E-state index contributed by atoms with van der Waals surface area (Å²) in [4.78, 5) is 0. The van der Waals surface area contributed by atoms with Crippen LogP contribution in [0, 0.1) is 0 Å². The second-order valence-electron chi connectivity index (χ2n) is 7.88. The van der Waals surface area contributed by atoms with E-state index in [2.05, 4.69) is 0 Å². The third kappa shape index (κ3) is 5.63. The van der Waals surface area contributed by atoms with Gasteiger partial charge in [0.15, 0.2) is 6.29 Å². The number of phenolic OH excluding ortho intramolecular Hbond substituents is 1. The molecule has 0 radical (unpaired) electrons. The van der Waals surface area contributed by atoms with E-state index >= 15 is 0 Å². The van der Waals surface area contributed by atoms with Crippen molar-refractivity contribution >= 4 is 6.08 Å². The van der Waals surface area contributed by atoms with Gasteiger partial charge in [-0.05, 0) is 24.6 Å². The van der Waals surface area contributed by atoms with Crippen LogP contribution >= 0.6 is 0 Å². The van der Waals surface area contributed by atoms with Crippen LogP contribution in [0.25, 0.3) is 6.08 Å². The van der Waals surface area contributed by atoms with Crippen LogP contribution in [0.15, 0.2) is 24.3 Å². The molecule has 10 unspecified atom stereocenters. The summed E-state index contributed by atoms with van der Waals surface area (Å²) in [5.41, 5.74) is 0.612. The first-order valence-electron chi connectivity index (χ1n) is 10.4. The molecule has 0 bridgehead atoms. The number of phenols is 1. The van der Waals surface area contributed by atoms with E-state index < -0.39 is 74.6 Å². The lowest BCUT2D eigenvalue weighted by molar-refractivity contribution is -0.352. The van der Waals surface area contributed by atoms with Crippen molar-refractivity contribution in [3.05, 3.63) is 29.8 Å². The van der Waals surface area contributed by atoms with E-state index in [4.69, 9.17) is 18.9 Å². The van der Waals surface area contributed by atoms with Crippen molar-refractivity contribution in [2.45, 2.75) is 68.3 Å². The molecular weight excluding hydrogens is 444 g/mol. The van der Waals surface area contributed by atoms with Crippen LogP contribution in [0.2, 0.25) is 0 Å². The monoisotopic (exact) mass is 474 g/mol. The molecule has 186 valence electrons. The highest BCUT2D eigenvalue weighted by molar-refractivity contribution is 5.54. The van der Waals surface area contributed by atoms with Gasteiger partial charge in [-0.25, -0.2) is 0 Å². The molecule has 0 aliphatic carbocycles. The second-order valence-corrected chi connectivity index (χ2v) is 7.88. The Morgan fingerprint density at radius 3 is 2.09 bits per heavy atom. The maximum Gasteiger partial charge on any atom is 0.229 e. The normalized spacial score (nSPS) is 39.6. The van der Waals surface area contributed by atoms with E-state index in [-0.39, 0.29) is 11.5 Å². The molecule has 1 aromatic rings. The van der Waals surface area contributed by atoms with Crippen LogP contribution in [-0.2, 0) is 14.2 Å². The molecule has 2 aliphatic heterocycles. The number of rotatable bonds is 7. The number of ether oxygens (including phenoxy) is 4. The minimum atomic E-state index is -1.75. The Morgan fingerprint density at radius 2 is 1.45 bits per heavy atom. The Labute approximate surface area is 189 Å². The summed E-state index contributed by atoms with van der Waals surface area (Å²) in [6, 6.07) is 4.33. The van der Waals surface area contributed by atoms with E-state index in [1.807, 2.05) is 0 Å². The molecule has 8 N–H and O–H groups in total. The summed E-state index contributed by atoms with van der Waals surface area (Å²) in [5, 5.41) is 80.1. The number of aliphatic hydroxyl groups is 7. The molecule has 0 saturated carbocycles. The van der Waals surface area contributed by atoms with Crippen molar-refractivity contribution in [1.82, 2.24) is 0 Å². The molecule has 1 aromatic carbocycles. The van der Waals surface area contributed by atoms with E-state index in [1.54, 1.807) is 25.1 Å². The molecule has 12 heteroatoms. The highest BCUT2D eigenvalue weighted by Crippen LogP contribution is 2.31. The molecule has 3 rings (SSSR count). The Balaban J connectivity index is 1.74. The lowest BCUT2D eigenvalue weighted by Gasteiger charge is -2.45. The Morgan fingerprint density at radius 1 is 0.818 bits per heavy atom. The van der Waals surface area contributed by atoms with Crippen LogP contribution < -0.4 is 4.74 Å². The van der Waals surface area contributed by atoms with Crippen LogP contribution in [0.5, 0.6) is 11.5 Å². The van der Waals surface area contributed by atoms with E-state index in [9.17, 15) is 40.9 Å². The van der Waals surface area contributed by atoms with Crippen LogP contribution in [0.3, 0.4) is 0 Å². The molecule has 33 heavy (non-hydrogen) atoms. The predicted molar refractivity (Wildman–Crippen MR) is 110 cm³/mol. The van der Waals surface area contributed by atoms with Crippen LogP contribution in [0.4, 0.5) is 0 Å². The summed E-state index contributed by atoms with van der Waals surface area (Å²) in [5.74, 6) is 0.0262. The van der Waals surface area contributed by atoms with Gasteiger partial charge in [0.1, 0.15) is 60.3 Å². The molecule has 2 heterocycles. The van der Waals surface area contributed by atoms with Crippen molar-refractivity contribution < 1.29 is 59.8 Å². The predicted octanol–water partition coefficient (Wildman–Crippen LogP) is -2.57. The van der Waals surface area contributed by atoms with Crippen molar-refractivity contribution in [3.63, 3.8) is 0 Å². The second kappa shape index (κ2) is 11.1. The van der Waals surface area contributed by atoms with Gasteiger partial charge in [-0.1, -0.05) is 12.2 Å². The number of aliphatic hydroxyl groups excluding tert-OH is 7. The number of allylic oxidation sites excluding steroid dienone is 1. The zero-order chi connectivity index (χ0) is 24.3. The smallest absolute Gasteiger partial charge is 0.229 e. The quantitative estimate of drug-likeness (QED) is 0.206. The van der Waals surface area contributed by atoms with E-state index in [0.717, 1.165) is 0 Å². The minimum absolute atomic E-state index is 0.103. The van der Waals surface area contributed by atoms with Crippen molar-refractivity contribution in [3.8, 4) is 11.5 Å². The summed E-state index contributed by atoms with van der Waals surface area (Å²) >= 11 is 0. The van der Waals surface area contributed by atoms with E-state index in [1.165, 1.54) is 12.1 Å². The van der Waals surface area contributed by atoms with Crippen LogP contribution in [-0.4, -0.2) is 115 Å². The van der Waals surface area contributed by atoms with Gasteiger partial charge < -0.3 is 59.8 Å². The molecular formula is C21H30O12. The third-order valence-corrected chi connectivity index (χ3v) is 5.49. The molecule has 0 aromatic heterocycles. The fourth-order valence-electron chi connectivity index (χ4n) is 3.75. The zero-order valence-electron chi connectivity index (χ0n) is 17.8. The summed E-state index contributed by atoms with van der Waals surface area (Å²) < 4.78 is 21.9. The standard InChI is InChI=1S/C21H30O12/c1-2-3-9-4-10(24)6-11(5-9)30-20-18(29)16(27)19(13(8-23)32-20)33-21-17(28)15(26)14(25)12(7-22)31-21/h2-6,12-29H,7-8H2,1H3/b3-2+. The van der Waals surface area contributed by atoms with Crippen molar-refractivity contribution in [2.75, 3.05) is 13.2 Å². The number of hydrogen-bond acceptors (Lipinski definition) is 12. The average Bonchev–Trinajstić information content (AvgIpc) is 2.78. The van der Waals surface area contributed by atoms with Gasteiger partial charge in [-0.15, -0.1) is 0 Å². The maximum absolute atomic E-state index is 10.6. The average molecular weight is 474 g/mol.